The molecule has 1 aromatic rings. The van der Waals surface area contributed by atoms with Gasteiger partial charge in [-0.05, 0) is 43.7 Å². The molecule has 0 aliphatic heterocycles. The largest absolute Gasteiger partial charge is 0.481 e. The van der Waals surface area contributed by atoms with Gasteiger partial charge in [-0.1, -0.05) is 18.2 Å². The molecule has 1 N–H and O–H groups in total. The lowest BCUT2D eigenvalue weighted by atomic mass is 9.83. The topological polar surface area (TPSA) is 57.6 Å². The van der Waals surface area contributed by atoms with Crippen molar-refractivity contribution in [2.24, 2.45) is 5.92 Å². The van der Waals surface area contributed by atoms with Crippen LogP contribution in [0.15, 0.2) is 30.3 Å². The molecule has 20 heavy (non-hydrogen) atoms. The van der Waals surface area contributed by atoms with E-state index in [2.05, 4.69) is 0 Å². The Kier molecular flexibility index (Phi) is 4.77. The first-order chi connectivity index (χ1) is 9.58. The molecule has 1 aliphatic rings. The average molecular weight is 275 g/mol. The third-order valence-corrected chi connectivity index (χ3v) is 4.17. The Morgan fingerprint density at radius 2 is 1.75 bits per heavy atom. The van der Waals surface area contributed by atoms with E-state index in [-0.39, 0.29) is 24.3 Å². The second kappa shape index (κ2) is 6.55. The number of aliphatic carboxylic acids is 1. The summed E-state index contributed by atoms with van der Waals surface area (Å²) in [4.78, 5) is 24.9. The molecule has 0 aromatic heterocycles. The van der Waals surface area contributed by atoms with Gasteiger partial charge in [-0.15, -0.1) is 0 Å². The van der Waals surface area contributed by atoms with Crippen LogP contribution in [0.25, 0.3) is 0 Å². The summed E-state index contributed by atoms with van der Waals surface area (Å²) in [7, 11) is 1.84. The van der Waals surface area contributed by atoms with Crippen molar-refractivity contribution in [3.8, 4) is 0 Å². The zero-order chi connectivity index (χ0) is 14.5. The summed E-state index contributed by atoms with van der Waals surface area (Å²) in [5, 5.41) is 8.81. The predicted octanol–water partition coefficient (Wildman–Crippen LogP) is 2.79. The first-order valence-corrected chi connectivity index (χ1v) is 7.12. The maximum Gasteiger partial charge on any atom is 0.303 e. The molecule has 0 heterocycles. The van der Waals surface area contributed by atoms with Crippen molar-refractivity contribution < 1.29 is 14.7 Å². The smallest absolute Gasteiger partial charge is 0.303 e. The Morgan fingerprint density at radius 1 is 1.15 bits per heavy atom. The zero-order valence-corrected chi connectivity index (χ0v) is 11.8. The molecule has 1 aliphatic carbocycles. The molecule has 4 nitrogen and oxygen atoms in total. The normalized spacial score (nSPS) is 22.2. The summed E-state index contributed by atoms with van der Waals surface area (Å²) in [6, 6.07) is 9.51. The van der Waals surface area contributed by atoms with E-state index in [9.17, 15) is 9.59 Å². The number of amides is 1. The van der Waals surface area contributed by atoms with E-state index in [0.717, 1.165) is 25.7 Å². The minimum absolute atomic E-state index is 0.0484. The van der Waals surface area contributed by atoms with Crippen LogP contribution in [0.1, 0.15) is 42.5 Å². The van der Waals surface area contributed by atoms with Gasteiger partial charge < -0.3 is 10.0 Å². The van der Waals surface area contributed by atoms with Gasteiger partial charge in [-0.25, -0.2) is 0 Å². The van der Waals surface area contributed by atoms with Crippen LogP contribution in [0.4, 0.5) is 0 Å². The first-order valence-electron chi connectivity index (χ1n) is 7.12. The number of carbonyl (C=O) groups is 2. The second-order valence-electron chi connectivity index (χ2n) is 5.55. The van der Waals surface area contributed by atoms with Crippen molar-refractivity contribution in [1.29, 1.82) is 0 Å². The van der Waals surface area contributed by atoms with Crippen LogP contribution in [0.3, 0.4) is 0 Å². The van der Waals surface area contributed by atoms with Crippen LogP contribution in [-0.4, -0.2) is 35.0 Å². The molecule has 2 rings (SSSR count). The highest BCUT2D eigenvalue weighted by Crippen LogP contribution is 2.29. The summed E-state index contributed by atoms with van der Waals surface area (Å²) in [5.74, 6) is -0.404. The molecule has 4 heteroatoms. The fraction of sp³-hybridized carbons (Fsp3) is 0.500. The van der Waals surface area contributed by atoms with Crippen LogP contribution in [0.5, 0.6) is 0 Å². The van der Waals surface area contributed by atoms with Crippen LogP contribution in [-0.2, 0) is 4.79 Å². The van der Waals surface area contributed by atoms with Crippen molar-refractivity contribution in [3.63, 3.8) is 0 Å². The summed E-state index contributed by atoms with van der Waals surface area (Å²) >= 11 is 0. The number of carboxylic acid groups (broad SMARTS) is 1. The molecule has 108 valence electrons. The van der Waals surface area contributed by atoms with Gasteiger partial charge in [0.05, 0.1) is 0 Å². The Bertz CT molecular complexity index is 464. The fourth-order valence-corrected chi connectivity index (χ4v) is 2.93. The van der Waals surface area contributed by atoms with Crippen molar-refractivity contribution in [2.45, 2.75) is 38.1 Å². The van der Waals surface area contributed by atoms with E-state index in [1.807, 2.05) is 42.3 Å². The van der Waals surface area contributed by atoms with Gasteiger partial charge in [0.15, 0.2) is 0 Å². The molecular formula is C16H21NO3. The lowest BCUT2D eigenvalue weighted by Crippen LogP contribution is -2.39. The molecule has 0 bridgehead atoms. The lowest BCUT2D eigenvalue weighted by molar-refractivity contribution is -0.138. The molecule has 1 aromatic carbocycles. The molecule has 1 amide bonds. The Morgan fingerprint density at radius 3 is 2.30 bits per heavy atom. The predicted molar refractivity (Wildman–Crippen MR) is 76.5 cm³/mol. The molecule has 1 saturated carbocycles. The highest BCUT2D eigenvalue weighted by atomic mass is 16.4. The number of carboxylic acids is 1. The highest BCUT2D eigenvalue weighted by molar-refractivity contribution is 5.94. The molecule has 0 radical (unpaired) electrons. The summed E-state index contributed by atoms with van der Waals surface area (Å²) in [6.45, 7) is 0. The van der Waals surface area contributed by atoms with E-state index in [1.54, 1.807) is 0 Å². The third kappa shape index (κ3) is 3.59. The zero-order valence-electron chi connectivity index (χ0n) is 11.8. The minimum atomic E-state index is -0.720. The molecule has 0 saturated heterocycles. The van der Waals surface area contributed by atoms with Gasteiger partial charge in [-0.3, -0.25) is 9.59 Å². The highest BCUT2D eigenvalue weighted by Gasteiger charge is 2.27. The molecule has 1 fully saturated rings. The van der Waals surface area contributed by atoms with Crippen molar-refractivity contribution in [2.75, 3.05) is 7.05 Å². The standard InChI is InChI=1S/C16H21NO3/c1-17(16(20)13-5-3-2-4-6-13)14-9-7-12(8-10-14)11-15(18)19/h2-6,12,14H,7-11H2,1H3,(H,18,19). The van der Waals surface area contributed by atoms with Crippen molar-refractivity contribution in [1.82, 2.24) is 4.90 Å². The van der Waals surface area contributed by atoms with Gasteiger partial charge in [0.1, 0.15) is 0 Å². The van der Waals surface area contributed by atoms with Crippen LogP contribution < -0.4 is 0 Å². The van der Waals surface area contributed by atoms with E-state index in [1.165, 1.54) is 0 Å². The Hall–Kier alpha value is -1.84. The molecule has 0 spiro atoms. The Balaban J connectivity index is 1.90. The maximum atomic E-state index is 12.3. The third-order valence-electron chi connectivity index (χ3n) is 4.17. The summed E-state index contributed by atoms with van der Waals surface area (Å²) < 4.78 is 0. The second-order valence-corrected chi connectivity index (χ2v) is 5.55. The number of carbonyl (C=O) groups excluding carboxylic acids is 1. The number of rotatable bonds is 4. The average Bonchev–Trinajstić information content (AvgIpc) is 2.47. The van der Waals surface area contributed by atoms with Crippen molar-refractivity contribution >= 4 is 11.9 Å². The number of hydrogen-bond donors (Lipinski definition) is 1. The van der Waals surface area contributed by atoms with E-state index in [4.69, 9.17) is 5.11 Å². The van der Waals surface area contributed by atoms with Crippen LogP contribution >= 0.6 is 0 Å². The van der Waals surface area contributed by atoms with E-state index >= 15 is 0 Å². The van der Waals surface area contributed by atoms with Gasteiger partial charge in [0.25, 0.3) is 5.91 Å². The number of nitrogens with zero attached hydrogens (tertiary/aromatic N) is 1. The monoisotopic (exact) mass is 275 g/mol. The fourth-order valence-electron chi connectivity index (χ4n) is 2.93. The van der Waals surface area contributed by atoms with Gasteiger partial charge in [0.2, 0.25) is 0 Å². The first kappa shape index (κ1) is 14.6. The van der Waals surface area contributed by atoms with Gasteiger partial charge >= 0.3 is 5.97 Å². The van der Waals surface area contributed by atoms with E-state index in [0.29, 0.717) is 5.56 Å². The number of benzene rings is 1. The summed E-state index contributed by atoms with van der Waals surface area (Å²) in [6.07, 6.45) is 3.83. The van der Waals surface area contributed by atoms with Crippen molar-refractivity contribution in [3.05, 3.63) is 35.9 Å². The van der Waals surface area contributed by atoms with Gasteiger partial charge in [-0.2, -0.15) is 0 Å². The molecular weight excluding hydrogens is 254 g/mol. The Labute approximate surface area is 119 Å². The van der Waals surface area contributed by atoms with Crippen LogP contribution in [0, 0.1) is 5.92 Å². The quantitative estimate of drug-likeness (QED) is 0.919. The SMILES string of the molecule is CN(C(=O)c1ccccc1)C1CCC(CC(=O)O)CC1. The number of hydrogen-bond acceptors (Lipinski definition) is 2. The van der Waals surface area contributed by atoms with E-state index < -0.39 is 5.97 Å². The summed E-state index contributed by atoms with van der Waals surface area (Å²) in [5.41, 5.74) is 0.711. The molecule has 0 atom stereocenters. The minimum Gasteiger partial charge on any atom is -0.481 e. The van der Waals surface area contributed by atoms with Gasteiger partial charge in [0, 0.05) is 25.1 Å². The van der Waals surface area contributed by atoms with Crippen LogP contribution in [0.2, 0.25) is 0 Å². The molecule has 0 unspecified atom stereocenters. The maximum absolute atomic E-state index is 12.3. The lowest BCUT2D eigenvalue weighted by Gasteiger charge is -2.34.